The number of hydrogen-bond donors (Lipinski definition) is 2. The van der Waals surface area contributed by atoms with Gasteiger partial charge in [-0.3, -0.25) is 4.79 Å². The van der Waals surface area contributed by atoms with Crippen molar-refractivity contribution in [1.82, 2.24) is 0 Å². The summed E-state index contributed by atoms with van der Waals surface area (Å²) < 4.78 is 0. The lowest BCUT2D eigenvalue weighted by atomic mass is 9.99. The summed E-state index contributed by atoms with van der Waals surface area (Å²) in [6, 6.07) is 7.86. The van der Waals surface area contributed by atoms with Gasteiger partial charge in [-0.1, -0.05) is 19.1 Å². The maximum atomic E-state index is 12.0. The topological polar surface area (TPSA) is 55.1 Å². The Kier molecular flexibility index (Phi) is 5.70. The highest BCUT2D eigenvalue weighted by Gasteiger charge is 2.15. The van der Waals surface area contributed by atoms with Crippen LogP contribution in [0.5, 0.6) is 0 Å². The smallest absolute Gasteiger partial charge is 0.227 e. The van der Waals surface area contributed by atoms with Crippen LogP contribution in [0.1, 0.15) is 31.7 Å². The Morgan fingerprint density at radius 1 is 1.47 bits per heavy atom. The number of aryl methyl sites for hydroxylation is 1. The third-order valence-electron chi connectivity index (χ3n) is 2.91. The van der Waals surface area contributed by atoms with E-state index in [1.54, 1.807) is 0 Å². The lowest BCUT2D eigenvalue weighted by Crippen LogP contribution is -2.23. The van der Waals surface area contributed by atoms with Crippen LogP contribution in [0, 0.1) is 12.8 Å². The van der Waals surface area contributed by atoms with E-state index in [0.29, 0.717) is 6.54 Å². The fourth-order valence-corrected chi connectivity index (χ4v) is 1.85. The summed E-state index contributed by atoms with van der Waals surface area (Å²) in [5.41, 5.74) is 7.50. The number of hydrogen-bond acceptors (Lipinski definition) is 2. The molecule has 1 unspecified atom stereocenters. The standard InChI is InChI=1S/C14H22N2O/c1-3-12(7-5-9-15)14(17)16-13-8-4-6-11(2)10-13/h4,6,8,10,12H,3,5,7,9,15H2,1-2H3,(H,16,17). The van der Waals surface area contributed by atoms with E-state index in [0.717, 1.165) is 30.5 Å². The van der Waals surface area contributed by atoms with Gasteiger partial charge in [0, 0.05) is 11.6 Å². The molecule has 0 radical (unpaired) electrons. The highest BCUT2D eigenvalue weighted by molar-refractivity contribution is 5.92. The first-order valence-corrected chi connectivity index (χ1v) is 6.25. The highest BCUT2D eigenvalue weighted by Crippen LogP contribution is 2.15. The van der Waals surface area contributed by atoms with Gasteiger partial charge in [-0.25, -0.2) is 0 Å². The molecule has 0 spiro atoms. The third kappa shape index (κ3) is 4.57. The Morgan fingerprint density at radius 2 is 2.24 bits per heavy atom. The molecule has 0 heterocycles. The normalized spacial score (nSPS) is 12.2. The molecule has 1 rings (SSSR count). The number of nitrogens with one attached hydrogen (secondary N) is 1. The van der Waals surface area contributed by atoms with Crippen molar-refractivity contribution in [2.75, 3.05) is 11.9 Å². The molecule has 3 nitrogen and oxygen atoms in total. The number of anilines is 1. The van der Waals surface area contributed by atoms with E-state index < -0.39 is 0 Å². The van der Waals surface area contributed by atoms with E-state index in [9.17, 15) is 4.79 Å². The van der Waals surface area contributed by atoms with Gasteiger partial charge < -0.3 is 11.1 Å². The van der Waals surface area contributed by atoms with Crippen LogP contribution >= 0.6 is 0 Å². The Morgan fingerprint density at radius 3 is 2.82 bits per heavy atom. The molecule has 3 heteroatoms. The Labute approximate surface area is 103 Å². The molecule has 17 heavy (non-hydrogen) atoms. The van der Waals surface area contributed by atoms with Crippen molar-refractivity contribution in [2.24, 2.45) is 11.7 Å². The van der Waals surface area contributed by atoms with Gasteiger partial charge in [0.1, 0.15) is 0 Å². The van der Waals surface area contributed by atoms with E-state index in [1.807, 2.05) is 38.1 Å². The zero-order valence-electron chi connectivity index (χ0n) is 10.7. The molecule has 1 aromatic carbocycles. The molecule has 3 N–H and O–H groups in total. The van der Waals surface area contributed by atoms with Crippen LogP contribution < -0.4 is 11.1 Å². The van der Waals surface area contributed by atoms with Crippen molar-refractivity contribution >= 4 is 11.6 Å². The van der Waals surface area contributed by atoms with Crippen LogP contribution in [-0.4, -0.2) is 12.5 Å². The van der Waals surface area contributed by atoms with Crippen LogP contribution in [0.15, 0.2) is 24.3 Å². The zero-order valence-corrected chi connectivity index (χ0v) is 10.7. The summed E-state index contributed by atoms with van der Waals surface area (Å²) in [6.07, 6.45) is 2.63. The molecule has 0 aliphatic carbocycles. The van der Waals surface area contributed by atoms with Gasteiger partial charge in [-0.05, 0) is 50.4 Å². The molecule has 1 aromatic rings. The number of amides is 1. The van der Waals surface area contributed by atoms with Crippen molar-refractivity contribution in [1.29, 1.82) is 0 Å². The third-order valence-corrected chi connectivity index (χ3v) is 2.91. The average Bonchev–Trinajstić information content (AvgIpc) is 2.30. The van der Waals surface area contributed by atoms with Crippen molar-refractivity contribution in [2.45, 2.75) is 33.1 Å². The van der Waals surface area contributed by atoms with E-state index >= 15 is 0 Å². The molecule has 0 aliphatic rings. The molecule has 1 amide bonds. The molecule has 0 fully saturated rings. The second kappa shape index (κ2) is 7.07. The lowest BCUT2D eigenvalue weighted by Gasteiger charge is -2.14. The van der Waals surface area contributed by atoms with Crippen molar-refractivity contribution < 1.29 is 4.79 Å². The first-order chi connectivity index (χ1) is 8.17. The predicted molar refractivity (Wildman–Crippen MR) is 71.9 cm³/mol. The van der Waals surface area contributed by atoms with Gasteiger partial charge >= 0.3 is 0 Å². The van der Waals surface area contributed by atoms with Crippen molar-refractivity contribution in [3.63, 3.8) is 0 Å². The number of benzene rings is 1. The largest absolute Gasteiger partial charge is 0.330 e. The second-order valence-corrected chi connectivity index (χ2v) is 4.39. The molecule has 0 saturated carbocycles. The summed E-state index contributed by atoms with van der Waals surface area (Å²) in [7, 11) is 0. The summed E-state index contributed by atoms with van der Waals surface area (Å²) in [6.45, 7) is 4.70. The number of carbonyl (C=O) groups is 1. The quantitative estimate of drug-likeness (QED) is 0.795. The van der Waals surface area contributed by atoms with Crippen LogP contribution in [0.25, 0.3) is 0 Å². The molecule has 1 atom stereocenters. The first-order valence-electron chi connectivity index (χ1n) is 6.25. The first kappa shape index (κ1) is 13.7. The summed E-state index contributed by atoms with van der Waals surface area (Å²) >= 11 is 0. The molecule has 0 aliphatic heterocycles. The fraction of sp³-hybridized carbons (Fsp3) is 0.500. The van der Waals surface area contributed by atoms with Crippen molar-refractivity contribution in [3.8, 4) is 0 Å². The predicted octanol–water partition coefficient (Wildman–Crippen LogP) is 2.70. The summed E-state index contributed by atoms with van der Waals surface area (Å²) in [5, 5.41) is 2.96. The molecular weight excluding hydrogens is 212 g/mol. The van der Waals surface area contributed by atoms with Gasteiger partial charge in [0.15, 0.2) is 0 Å². The number of rotatable bonds is 6. The molecule has 0 aromatic heterocycles. The number of carbonyl (C=O) groups excluding carboxylic acids is 1. The van der Waals surface area contributed by atoms with Gasteiger partial charge in [0.2, 0.25) is 5.91 Å². The van der Waals surface area contributed by atoms with Gasteiger partial charge in [-0.15, -0.1) is 0 Å². The van der Waals surface area contributed by atoms with Crippen molar-refractivity contribution in [3.05, 3.63) is 29.8 Å². The zero-order chi connectivity index (χ0) is 12.7. The van der Waals surface area contributed by atoms with E-state index in [2.05, 4.69) is 5.32 Å². The molecular formula is C14H22N2O. The Bertz CT molecular complexity index is 363. The van der Waals surface area contributed by atoms with Crippen LogP contribution in [0.4, 0.5) is 5.69 Å². The Balaban J connectivity index is 2.57. The minimum absolute atomic E-state index is 0.0686. The Hall–Kier alpha value is -1.35. The number of nitrogens with two attached hydrogens (primary N) is 1. The molecule has 0 bridgehead atoms. The second-order valence-electron chi connectivity index (χ2n) is 4.39. The molecule has 0 saturated heterocycles. The highest BCUT2D eigenvalue weighted by atomic mass is 16.1. The summed E-state index contributed by atoms with van der Waals surface area (Å²) in [4.78, 5) is 12.0. The average molecular weight is 234 g/mol. The fourth-order valence-electron chi connectivity index (χ4n) is 1.85. The maximum Gasteiger partial charge on any atom is 0.227 e. The van der Waals surface area contributed by atoms with Crippen LogP contribution in [0.2, 0.25) is 0 Å². The van der Waals surface area contributed by atoms with Crippen LogP contribution in [-0.2, 0) is 4.79 Å². The lowest BCUT2D eigenvalue weighted by molar-refractivity contribution is -0.120. The monoisotopic (exact) mass is 234 g/mol. The van der Waals surface area contributed by atoms with Gasteiger partial charge in [0.05, 0.1) is 0 Å². The minimum Gasteiger partial charge on any atom is -0.330 e. The van der Waals surface area contributed by atoms with E-state index in [-0.39, 0.29) is 11.8 Å². The van der Waals surface area contributed by atoms with Gasteiger partial charge in [-0.2, -0.15) is 0 Å². The van der Waals surface area contributed by atoms with E-state index in [1.165, 1.54) is 0 Å². The maximum absolute atomic E-state index is 12.0. The molecule has 94 valence electrons. The summed E-state index contributed by atoms with van der Waals surface area (Å²) in [5.74, 6) is 0.172. The SMILES string of the molecule is CCC(CCCN)C(=O)Nc1cccc(C)c1. The van der Waals surface area contributed by atoms with E-state index in [4.69, 9.17) is 5.73 Å². The van der Waals surface area contributed by atoms with Crippen LogP contribution in [0.3, 0.4) is 0 Å². The van der Waals surface area contributed by atoms with Gasteiger partial charge in [0.25, 0.3) is 0 Å². The minimum atomic E-state index is 0.0686.